The van der Waals surface area contributed by atoms with Crippen molar-refractivity contribution in [3.63, 3.8) is 0 Å². The van der Waals surface area contributed by atoms with E-state index in [1.165, 1.54) is 29.7 Å². The summed E-state index contributed by atoms with van der Waals surface area (Å²) in [6.07, 6.45) is 3.00. The molecule has 2 unspecified atom stereocenters. The van der Waals surface area contributed by atoms with Crippen LogP contribution in [-0.2, 0) is 17.8 Å². The number of ether oxygens (including phenoxy) is 1. The first kappa shape index (κ1) is 20.5. The maximum absolute atomic E-state index is 5.64. The Balaban J connectivity index is 1.53. The Morgan fingerprint density at radius 1 is 1.33 bits per heavy atom. The number of guanidine groups is 1. The Kier molecular flexibility index (Phi) is 8.30. The fourth-order valence-corrected chi connectivity index (χ4v) is 4.85. The number of aliphatic imine (C=N–C) groups is 1. The molecule has 0 saturated carbocycles. The fourth-order valence-electron chi connectivity index (χ4n) is 3.65. The molecule has 0 bridgehead atoms. The number of nitrogens with one attached hydrogen (secondary N) is 2. The van der Waals surface area contributed by atoms with Crippen LogP contribution in [0.5, 0.6) is 0 Å². The number of benzene rings is 1. The average Bonchev–Trinajstić information content (AvgIpc) is 3.18. The van der Waals surface area contributed by atoms with Gasteiger partial charge in [-0.1, -0.05) is 24.3 Å². The lowest BCUT2D eigenvalue weighted by Gasteiger charge is -2.31. The van der Waals surface area contributed by atoms with E-state index in [1.54, 1.807) is 0 Å². The van der Waals surface area contributed by atoms with Gasteiger partial charge in [-0.3, -0.25) is 4.90 Å². The van der Waals surface area contributed by atoms with Crippen LogP contribution in [0.3, 0.4) is 0 Å². The van der Waals surface area contributed by atoms with Crippen molar-refractivity contribution < 1.29 is 4.74 Å². The SMILES string of the molecule is CCNC(=NCc1cccc(CN2CCOC(C)C2)c1)NCC1CCCS1. The van der Waals surface area contributed by atoms with E-state index in [9.17, 15) is 0 Å². The first-order chi connectivity index (χ1) is 13.2. The van der Waals surface area contributed by atoms with Crippen LogP contribution in [0.15, 0.2) is 29.3 Å². The Labute approximate surface area is 168 Å². The molecule has 2 aliphatic rings. The molecule has 2 heterocycles. The van der Waals surface area contributed by atoms with E-state index < -0.39 is 0 Å². The van der Waals surface area contributed by atoms with Crippen LogP contribution in [0.1, 0.15) is 37.8 Å². The molecule has 150 valence electrons. The van der Waals surface area contributed by atoms with Crippen molar-refractivity contribution in [1.82, 2.24) is 15.5 Å². The van der Waals surface area contributed by atoms with Gasteiger partial charge in [0.2, 0.25) is 0 Å². The summed E-state index contributed by atoms with van der Waals surface area (Å²) in [6.45, 7) is 10.7. The van der Waals surface area contributed by atoms with Crippen LogP contribution in [0, 0.1) is 0 Å². The summed E-state index contributed by atoms with van der Waals surface area (Å²) >= 11 is 2.08. The highest BCUT2D eigenvalue weighted by Crippen LogP contribution is 2.25. The van der Waals surface area contributed by atoms with E-state index in [0.717, 1.165) is 50.5 Å². The van der Waals surface area contributed by atoms with Crippen molar-refractivity contribution in [2.75, 3.05) is 38.5 Å². The monoisotopic (exact) mass is 390 g/mol. The lowest BCUT2D eigenvalue weighted by molar-refractivity contribution is -0.0212. The normalized spacial score (nSPS) is 24.1. The van der Waals surface area contributed by atoms with Crippen LogP contribution in [0.4, 0.5) is 0 Å². The summed E-state index contributed by atoms with van der Waals surface area (Å²) in [4.78, 5) is 7.27. The zero-order valence-corrected chi connectivity index (χ0v) is 17.6. The smallest absolute Gasteiger partial charge is 0.191 e. The molecular formula is C21H34N4OS. The predicted octanol–water partition coefficient (Wildman–Crippen LogP) is 2.86. The number of nitrogens with zero attached hydrogens (tertiary/aromatic N) is 2. The predicted molar refractivity (Wildman–Crippen MR) is 115 cm³/mol. The van der Waals surface area contributed by atoms with Crippen LogP contribution in [-0.4, -0.2) is 60.8 Å². The Hall–Kier alpha value is -1.24. The van der Waals surface area contributed by atoms with E-state index in [4.69, 9.17) is 9.73 Å². The number of hydrogen-bond acceptors (Lipinski definition) is 4. The molecule has 0 aromatic heterocycles. The molecule has 27 heavy (non-hydrogen) atoms. The van der Waals surface area contributed by atoms with Gasteiger partial charge in [0.1, 0.15) is 0 Å². The van der Waals surface area contributed by atoms with E-state index >= 15 is 0 Å². The number of rotatable bonds is 7. The molecule has 0 amide bonds. The molecular weight excluding hydrogens is 356 g/mol. The van der Waals surface area contributed by atoms with Gasteiger partial charge < -0.3 is 15.4 Å². The van der Waals surface area contributed by atoms with Gasteiger partial charge in [0.25, 0.3) is 0 Å². The largest absolute Gasteiger partial charge is 0.376 e. The molecule has 2 aliphatic heterocycles. The van der Waals surface area contributed by atoms with Gasteiger partial charge in [-0.2, -0.15) is 11.8 Å². The molecule has 1 aromatic rings. The minimum absolute atomic E-state index is 0.332. The molecule has 0 spiro atoms. The first-order valence-electron chi connectivity index (χ1n) is 10.3. The third-order valence-electron chi connectivity index (χ3n) is 5.01. The van der Waals surface area contributed by atoms with Crippen LogP contribution in [0.25, 0.3) is 0 Å². The van der Waals surface area contributed by atoms with Gasteiger partial charge in [-0.15, -0.1) is 0 Å². The summed E-state index contributed by atoms with van der Waals surface area (Å²) in [5.74, 6) is 2.23. The van der Waals surface area contributed by atoms with Crippen molar-refractivity contribution in [1.29, 1.82) is 0 Å². The van der Waals surface area contributed by atoms with Gasteiger partial charge in [0, 0.05) is 38.0 Å². The molecule has 2 saturated heterocycles. The molecule has 6 heteroatoms. The van der Waals surface area contributed by atoms with Crippen molar-refractivity contribution in [3.05, 3.63) is 35.4 Å². The third kappa shape index (κ3) is 7.01. The van der Waals surface area contributed by atoms with Crippen LogP contribution in [0.2, 0.25) is 0 Å². The lowest BCUT2D eigenvalue weighted by atomic mass is 10.1. The quantitative estimate of drug-likeness (QED) is 0.554. The van der Waals surface area contributed by atoms with Gasteiger partial charge in [0.15, 0.2) is 5.96 Å². The average molecular weight is 391 g/mol. The summed E-state index contributed by atoms with van der Waals surface area (Å²) in [5, 5.41) is 7.61. The van der Waals surface area contributed by atoms with Crippen molar-refractivity contribution in [3.8, 4) is 0 Å². The first-order valence-corrected chi connectivity index (χ1v) is 11.3. The van der Waals surface area contributed by atoms with Crippen molar-refractivity contribution in [2.24, 2.45) is 4.99 Å². The highest BCUT2D eigenvalue weighted by Gasteiger charge is 2.17. The molecule has 3 rings (SSSR count). The molecule has 5 nitrogen and oxygen atoms in total. The molecule has 1 aromatic carbocycles. The minimum Gasteiger partial charge on any atom is -0.376 e. The zero-order valence-electron chi connectivity index (χ0n) is 16.7. The molecule has 2 N–H and O–H groups in total. The second-order valence-corrected chi connectivity index (χ2v) is 8.86. The van der Waals surface area contributed by atoms with Crippen molar-refractivity contribution in [2.45, 2.75) is 51.1 Å². The Morgan fingerprint density at radius 3 is 3.00 bits per heavy atom. The zero-order chi connectivity index (χ0) is 18.9. The van der Waals surface area contributed by atoms with E-state index in [0.29, 0.717) is 12.6 Å². The maximum atomic E-state index is 5.64. The Bertz CT molecular complexity index is 604. The number of morpholine rings is 1. The van der Waals surface area contributed by atoms with Crippen molar-refractivity contribution >= 4 is 17.7 Å². The van der Waals surface area contributed by atoms with Gasteiger partial charge in [0.05, 0.1) is 19.3 Å². The van der Waals surface area contributed by atoms with E-state index in [-0.39, 0.29) is 0 Å². The maximum Gasteiger partial charge on any atom is 0.191 e. The second-order valence-electron chi connectivity index (χ2n) is 7.45. The lowest BCUT2D eigenvalue weighted by Crippen LogP contribution is -2.40. The second kappa shape index (κ2) is 10.9. The molecule has 0 aliphatic carbocycles. The Morgan fingerprint density at radius 2 is 2.22 bits per heavy atom. The summed E-state index contributed by atoms with van der Waals surface area (Å²) < 4.78 is 5.64. The highest BCUT2D eigenvalue weighted by molar-refractivity contribution is 8.00. The van der Waals surface area contributed by atoms with Crippen LogP contribution >= 0.6 is 11.8 Å². The molecule has 0 radical (unpaired) electrons. The minimum atomic E-state index is 0.332. The summed E-state index contributed by atoms with van der Waals surface area (Å²) in [6, 6.07) is 8.83. The fraction of sp³-hybridized carbons (Fsp3) is 0.667. The van der Waals surface area contributed by atoms with E-state index in [1.807, 2.05) is 0 Å². The third-order valence-corrected chi connectivity index (χ3v) is 6.41. The van der Waals surface area contributed by atoms with Gasteiger partial charge in [-0.25, -0.2) is 4.99 Å². The summed E-state index contributed by atoms with van der Waals surface area (Å²) in [7, 11) is 0. The molecule has 2 atom stereocenters. The van der Waals surface area contributed by atoms with Gasteiger partial charge >= 0.3 is 0 Å². The topological polar surface area (TPSA) is 48.9 Å². The molecule has 2 fully saturated rings. The summed E-state index contributed by atoms with van der Waals surface area (Å²) in [5.41, 5.74) is 2.62. The van der Waals surface area contributed by atoms with Crippen LogP contribution < -0.4 is 10.6 Å². The number of hydrogen-bond donors (Lipinski definition) is 2. The van der Waals surface area contributed by atoms with Gasteiger partial charge in [-0.05, 0) is 43.6 Å². The van der Waals surface area contributed by atoms with E-state index in [2.05, 4.69) is 65.4 Å². The highest BCUT2D eigenvalue weighted by atomic mass is 32.2. The number of thioether (sulfide) groups is 1. The standard InChI is InChI=1S/C21H34N4OS/c1-3-22-21(24-14-20-8-5-11-27-20)23-13-18-6-4-7-19(12-18)16-25-9-10-26-17(2)15-25/h4,6-7,12,17,20H,3,5,8-11,13-16H2,1-2H3,(H2,22,23,24).